The van der Waals surface area contributed by atoms with Crippen molar-refractivity contribution in [2.75, 3.05) is 0 Å². The first-order chi connectivity index (χ1) is 29.5. The van der Waals surface area contributed by atoms with Crippen LogP contribution in [0.1, 0.15) is 69.8 Å². The van der Waals surface area contributed by atoms with Gasteiger partial charge in [0.1, 0.15) is 11.2 Å². The molecule has 1 aromatic heterocycles. The fourth-order valence-corrected chi connectivity index (χ4v) is 10.9. The molecule has 284 valence electrons. The summed E-state index contributed by atoms with van der Waals surface area (Å²) >= 11 is 0. The smallest absolute Gasteiger partial charge is 0.139 e. The van der Waals surface area contributed by atoms with Gasteiger partial charge in [-0.25, -0.2) is 0 Å². The Labute approximate surface area is 351 Å². The summed E-state index contributed by atoms with van der Waals surface area (Å²) in [6.45, 7) is 4.74. The highest BCUT2D eigenvalue weighted by Crippen LogP contribution is 2.58. The fourth-order valence-electron chi connectivity index (χ4n) is 10.9. The number of rotatable bonds is 6. The molecule has 0 saturated heterocycles. The van der Waals surface area contributed by atoms with Gasteiger partial charge in [0.05, 0.1) is 5.41 Å². The molecule has 60 heavy (non-hydrogen) atoms. The molecule has 1 heteroatoms. The van der Waals surface area contributed by atoms with Crippen LogP contribution in [0.25, 0.3) is 55.3 Å². The van der Waals surface area contributed by atoms with E-state index in [0.29, 0.717) is 0 Å². The lowest BCUT2D eigenvalue weighted by Crippen LogP contribution is -2.28. The monoisotopic (exact) mass is 766 g/mol. The van der Waals surface area contributed by atoms with E-state index in [9.17, 15) is 0 Å². The molecule has 0 saturated carbocycles. The highest BCUT2D eigenvalue weighted by Gasteiger charge is 2.46. The Hall–Kier alpha value is -7.22. The van der Waals surface area contributed by atoms with Crippen molar-refractivity contribution >= 4 is 21.9 Å². The number of fused-ring (bicyclic) bond motifs is 9. The van der Waals surface area contributed by atoms with Crippen LogP contribution in [0.5, 0.6) is 0 Å². The van der Waals surface area contributed by atoms with Gasteiger partial charge in [0.2, 0.25) is 0 Å². The van der Waals surface area contributed by atoms with E-state index in [1.807, 2.05) is 0 Å². The Morgan fingerprint density at radius 3 is 1.65 bits per heavy atom. The third-order valence-corrected chi connectivity index (χ3v) is 13.7. The number of para-hydroxylation sites is 1. The molecule has 0 spiro atoms. The summed E-state index contributed by atoms with van der Waals surface area (Å²) in [5.41, 5.74) is 20.3. The van der Waals surface area contributed by atoms with Crippen molar-refractivity contribution in [3.05, 3.63) is 262 Å². The second-order valence-electron chi connectivity index (χ2n) is 17.1. The van der Waals surface area contributed by atoms with E-state index < -0.39 is 5.41 Å². The lowest BCUT2D eigenvalue weighted by molar-refractivity contribution is 0.655. The predicted octanol–water partition coefficient (Wildman–Crippen LogP) is 15.1. The standard InChI is InChI=1S/C59H42O/c1-58(2)51-27-14-12-23-44(51)46-34-33-41(35-53(46)58)56(40-31-29-39(30-32-40)38-17-6-3-7-18-38)48-26-16-25-47-50-36-49-45-24-13-15-28-52(45)59(42-19-8-4-9-20-42,43-21-10-5-11-22-43)54(49)37-55(50)60-57(47)48/h3-37,56H,1-2H3. The molecule has 1 atom stereocenters. The first kappa shape index (κ1) is 34.8. The second kappa shape index (κ2) is 13.1. The Kier molecular flexibility index (Phi) is 7.62. The van der Waals surface area contributed by atoms with E-state index in [1.165, 1.54) is 83.5 Å². The minimum atomic E-state index is -0.498. The molecule has 1 nitrogen and oxygen atoms in total. The third kappa shape index (κ3) is 4.93. The lowest BCUT2D eigenvalue weighted by atomic mass is 9.67. The molecule has 12 rings (SSSR count). The van der Waals surface area contributed by atoms with Gasteiger partial charge >= 0.3 is 0 Å². The van der Waals surface area contributed by atoms with E-state index >= 15 is 0 Å². The third-order valence-electron chi connectivity index (χ3n) is 13.7. The van der Waals surface area contributed by atoms with Gasteiger partial charge in [0.15, 0.2) is 0 Å². The SMILES string of the molecule is CC1(C)c2ccccc2-c2ccc(C(c3ccc(-c4ccccc4)cc3)c3cccc4c3oc3cc5c(cc34)-c3ccccc3C5(c3ccccc3)c3ccccc3)cc21. The zero-order valence-electron chi connectivity index (χ0n) is 33.7. The Morgan fingerprint density at radius 1 is 0.383 bits per heavy atom. The normalized spacial score (nSPS) is 14.7. The van der Waals surface area contributed by atoms with Gasteiger partial charge in [-0.2, -0.15) is 0 Å². The van der Waals surface area contributed by atoms with E-state index in [-0.39, 0.29) is 11.3 Å². The number of benzene rings is 9. The van der Waals surface area contributed by atoms with Crippen LogP contribution < -0.4 is 0 Å². The van der Waals surface area contributed by atoms with Crippen molar-refractivity contribution in [2.45, 2.75) is 30.6 Å². The summed E-state index contributed by atoms with van der Waals surface area (Å²) in [4.78, 5) is 0. The molecule has 0 fully saturated rings. The maximum absolute atomic E-state index is 7.27. The summed E-state index contributed by atoms with van der Waals surface area (Å²) in [6, 6.07) is 78.4. The molecule has 10 aromatic rings. The van der Waals surface area contributed by atoms with Gasteiger partial charge < -0.3 is 4.42 Å². The van der Waals surface area contributed by atoms with Gasteiger partial charge in [0.25, 0.3) is 0 Å². The molecule has 0 N–H and O–H groups in total. The van der Waals surface area contributed by atoms with Crippen LogP contribution >= 0.6 is 0 Å². The maximum Gasteiger partial charge on any atom is 0.139 e. The zero-order valence-corrected chi connectivity index (χ0v) is 33.7. The molecule has 9 aromatic carbocycles. The van der Waals surface area contributed by atoms with Crippen molar-refractivity contribution in [2.24, 2.45) is 0 Å². The topological polar surface area (TPSA) is 13.1 Å². The first-order valence-electron chi connectivity index (χ1n) is 21.1. The van der Waals surface area contributed by atoms with Crippen molar-refractivity contribution in [1.82, 2.24) is 0 Å². The molecular formula is C59H42O. The second-order valence-corrected chi connectivity index (χ2v) is 17.1. The van der Waals surface area contributed by atoms with Crippen molar-refractivity contribution in [1.29, 1.82) is 0 Å². The summed E-state index contributed by atoms with van der Waals surface area (Å²) in [6.07, 6.45) is 0. The first-order valence-corrected chi connectivity index (χ1v) is 21.1. The average Bonchev–Trinajstić information content (AvgIpc) is 3.90. The molecule has 0 radical (unpaired) electrons. The molecular weight excluding hydrogens is 725 g/mol. The minimum Gasteiger partial charge on any atom is -0.456 e. The molecule has 2 aliphatic rings. The molecule has 1 unspecified atom stereocenters. The van der Waals surface area contributed by atoms with Gasteiger partial charge in [-0.1, -0.05) is 214 Å². The maximum atomic E-state index is 7.27. The number of hydrogen-bond acceptors (Lipinski definition) is 1. The van der Waals surface area contributed by atoms with Crippen LogP contribution in [0, 0.1) is 0 Å². The van der Waals surface area contributed by atoms with Crippen LogP contribution in [0.3, 0.4) is 0 Å². The van der Waals surface area contributed by atoms with E-state index in [0.717, 1.165) is 21.9 Å². The highest BCUT2D eigenvalue weighted by molar-refractivity contribution is 6.09. The quantitative estimate of drug-likeness (QED) is 0.154. The Bertz CT molecular complexity index is 3220. The Morgan fingerprint density at radius 2 is 0.950 bits per heavy atom. The summed E-state index contributed by atoms with van der Waals surface area (Å²) < 4.78 is 7.27. The van der Waals surface area contributed by atoms with Crippen molar-refractivity contribution in [3.8, 4) is 33.4 Å². The van der Waals surface area contributed by atoms with Gasteiger partial charge in [-0.15, -0.1) is 0 Å². The van der Waals surface area contributed by atoms with Gasteiger partial charge in [-0.05, 0) is 90.0 Å². The van der Waals surface area contributed by atoms with Crippen LogP contribution in [-0.4, -0.2) is 0 Å². The van der Waals surface area contributed by atoms with Crippen LogP contribution in [0.4, 0.5) is 0 Å². The lowest BCUT2D eigenvalue weighted by Gasteiger charge is -2.33. The number of furan rings is 1. The summed E-state index contributed by atoms with van der Waals surface area (Å²) in [5.74, 6) is -0.0656. The summed E-state index contributed by atoms with van der Waals surface area (Å²) in [7, 11) is 0. The van der Waals surface area contributed by atoms with Crippen LogP contribution in [0.2, 0.25) is 0 Å². The van der Waals surface area contributed by atoms with E-state index in [2.05, 4.69) is 226 Å². The number of hydrogen-bond donors (Lipinski definition) is 0. The Balaban J connectivity index is 1.09. The molecule has 2 aliphatic carbocycles. The van der Waals surface area contributed by atoms with Gasteiger partial charge in [0, 0.05) is 27.7 Å². The largest absolute Gasteiger partial charge is 0.456 e. The zero-order chi connectivity index (χ0) is 40.0. The minimum absolute atomic E-state index is 0.0656. The van der Waals surface area contributed by atoms with Crippen molar-refractivity contribution < 1.29 is 4.42 Å². The van der Waals surface area contributed by atoms with E-state index in [4.69, 9.17) is 4.42 Å². The molecule has 0 amide bonds. The predicted molar refractivity (Wildman–Crippen MR) is 248 cm³/mol. The van der Waals surface area contributed by atoms with Gasteiger partial charge in [-0.3, -0.25) is 0 Å². The molecule has 1 heterocycles. The average molecular weight is 767 g/mol. The van der Waals surface area contributed by atoms with Crippen LogP contribution in [0.15, 0.2) is 217 Å². The molecule has 0 bridgehead atoms. The summed E-state index contributed by atoms with van der Waals surface area (Å²) in [5, 5.41) is 2.28. The molecule has 0 aliphatic heterocycles. The van der Waals surface area contributed by atoms with Crippen molar-refractivity contribution in [3.63, 3.8) is 0 Å². The fraction of sp³-hybridized carbons (Fsp3) is 0.0847. The van der Waals surface area contributed by atoms with Crippen LogP contribution in [-0.2, 0) is 10.8 Å². The van der Waals surface area contributed by atoms with E-state index in [1.54, 1.807) is 0 Å². The highest BCUT2D eigenvalue weighted by atomic mass is 16.3.